The van der Waals surface area contributed by atoms with Crippen molar-refractivity contribution in [3.05, 3.63) is 60.4 Å². The predicted octanol–water partition coefficient (Wildman–Crippen LogP) is 5.74. The summed E-state index contributed by atoms with van der Waals surface area (Å²) in [6.45, 7) is 12.7. The number of allylic oxidation sites excluding steroid dienone is 5. The zero-order valence-electron chi connectivity index (χ0n) is 14.7. The number of ether oxygens (including phenoxy) is 1. The molecule has 0 aliphatic heterocycles. The first kappa shape index (κ1) is 18.1. The maximum atomic E-state index is 5.96. The minimum atomic E-state index is -0.0365. The lowest BCUT2D eigenvalue weighted by molar-refractivity contribution is 0.425. The predicted molar refractivity (Wildman–Crippen MR) is 96.8 cm³/mol. The summed E-state index contributed by atoms with van der Waals surface area (Å²) in [6, 6.07) is 7.46. The Morgan fingerprint density at radius 3 is 1.95 bits per heavy atom. The minimum Gasteiger partial charge on any atom is -0.458 e. The largest absolute Gasteiger partial charge is 0.458 e. The van der Waals surface area contributed by atoms with E-state index >= 15 is 0 Å². The van der Waals surface area contributed by atoms with Gasteiger partial charge in [-0.2, -0.15) is 0 Å². The summed E-state index contributed by atoms with van der Waals surface area (Å²) in [5, 5.41) is 0. The number of anilines is 1. The lowest BCUT2D eigenvalue weighted by Gasteiger charge is -2.24. The Morgan fingerprint density at radius 1 is 0.818 bits per heavy atom. The smallest absolute Gasteiger partial charge is 0.127 e. The normalized spacial score (nSPS) is 23.6. The maximum absolute atomic E-state index is 5.96. The van der Waals surface area contributed by atoms with E-state index < -0.39 is 0 Å². The van der Waals surface area contributed by atoms with Gasteiger partial charge in [0.1, 0.15) is 11.5 Å². The van der Waals surface area contributed by atoms with Crippen molar-refractivity contribution in [2.75, 3.05) is 5.73 Å². The summed E-state index contributed by atoms with van der Waals surface area (Å²) in [6.07, 6.45) is 10.8. The van der Waals surface area contributed by atoms with E-state index in [-0.39, 0.29) is 10.8 Å². The first-order chi connectivity index (χ1) is 10.3. The molecule has 120 valence electrons. The fourth-order valence-corrected chi connectivity index (χ4v) is 1.98. The Kier molecular flexibility index (Phi) is 6.04. The molecule has 2 rings (SSSR count). The van der Waals surface area contributed by atoms with Crippen molar-refractivity contribution >= 4 is 5.69 Å². The number of nitrogen functional groups attached to an aromatic ring is 1. The molecule has 0 spiro atoms. The van der Waals surface area contributed by atoms with Crippen LogP contribution in [-0.2, 0) is 0 Å². The molecule has 0 heterocycles. The zero-order chi connectivity index (χ0) is 16.8. The second-order valence-corrected chi connectivity index (χ2v) is 6.53. The van der Waals surface area contributed by atoms with Crippen molar-refractivity contribution in [3.8, 4) is 5.75 Å². The third kappa shape index (κ3) is 5.80. The Morgan fingerprint density at radius 2 is 1.36 bits per heavy atom. The van der Waals surface area contributed by atoms with Crippen LogP contribution in [0, 0.1) is 10.8 Å². The number of benzene rings is 1. The molecule has 22 heavy (non-hydrogen) atoms. The highest BCUT2D eigenvalue weighted by Gasteiger charge is 2.18. The third-order valence-electron chi connectivity index (χ3n) is 3.25. The van der Waals surface area contributed by atoms with Crippen LogP contribution < -0.4 is 10.5 Å². The van der Waals surface area contributed by atoms with Gasteiger partial charge < -0.3 is 10.5 Å². The Labute approximate surface area is 135 Å². The second-order valence-electron chi connectivity index (χ2n) is 6.53. The lowest BCUT2D eigenvalue weighted by Crippen LogP contribution is -2.12. The van der Waals surface area contributed by atoms with Gasteiger partial charge in [-0.05, 0) is 36.4 Å². The molecule has 1 aromatic carbocycles. The van der Waals surface area contributed by atoms with Gasteiger partial charge in [0.25, 0.3) is 0 Å². The first-order valence-electron chi connectivity index (χ1n) is 7.92. The van der Waals surface area contributed by atoms with Gasteiger partial charge in [0.05, 0.1) is 0 Å². The van der Waals surface area contributed by atoms with Gasteiger partial charge in [-0.15, -0.1) is 0 Å². The van der Waals surface area contributed by atoms with Crippen LogP contribution in [-0.4, -0.2) is 0 Å². The molecule has 1 aliphatic carbocycles. The summed E-state index contributed by atoms with van der Waals surface area (Å²) in [7, 11) is 0. The van der Waals surface area contributed by atoms with Crippen molar-refractivity contribution in [3.63, 3.8) is 0 Å². The van der Waals surface area contributed by atoms with Crippen LogP contribution in [0.5, 0.6) is 5.75 Å². The Balaban J connectivity index is 0.00000116. The lowest BCUT2D eigenvalue weighted by atomic mass is 9.83. The molecule has 0 radical (unpaired) electrons. The van der Waals surface area contributed by atoms with Crippen molar-refractivity contribution < 1.29 is 4.74 Å². The summed E-state index contributed by atoms with van der Waals surface area (Å²) in [5.41, 5.74) is 6.42. The molecule has 1 aliphatic rings. The van der Waals surface area contributed by atoms with E-state index in [1.807, 2.05) is 44.2 Å². The molecule has 2 N–H and O–H groups in total. The fraction of sp³-hybridized carbons (Fsp3) is 0.400. The SMILES string of the molecule is CC.CC1(C)/C=C\C(Oc2ccc(N)cc2)=C/C(C)(C)/C=C\1. The van der Waals surface area contributed by atoms with E-state index in [2.05, 4.69) is 52.0 Å². The maximum Gasteiger partial charge on any atom is 0.127 e. The number of nitrogens with two attached hydrogens (primary N) is 1. The fourth-order valence-electron chi connectivity index (χ4n) is 1.98. The monoisotopic (exact) mass is 299 g/mol. The standard InChI is InChI=1S/C18H23NO.C2H6/c1-17(2)10-9-16(13-18(3,4)12-11-17)20-15-7-5-14(19)6-8-15;1-2/h5-13H,19H2,1-4H3;1-2H3/b10-9-,12-11-,16-13+;. The van der Waals surface area contributed by atoms with Gasteiger partial charge in [-0.25, -0.2) is 0 Å². The molecule has 0 aromatic heterocycles. The molecule has 0 unspecified atom stereocenters. The Bertz CT molecular complexity index is 560. The third-order valence-corrected chi connectivity index (χ3v) is 3.25. The van der Waals surface area contributed by atoms with E-state index in [1.165, 1.54) is 0 Å². The van der Waals surface area contributed by atoms with Crippen LogP contribution in [0.3, 0.4) is 0 Å². The van der Waals surface area contributed by atoms with Crippen LogP contribution in [0.4, 0.5) is 5.69 Å². The van der Waals surface area contributed by atoms with Gasteiger partial charge in [0, 0.05) is 16.5 Å². The highest BCUT2D eigenvalue weighted by Crippen LogP contribution is 2.31. The van der Waals surface area contributed by atoms with Gasteiger partial charge in [0.15, 0.2) is 0 Å². The van der Waals surface area contributed by atoms with Crippen LogP contribution in [0.25, 0.3) is 0 Å². The van der Waals surface area contributed by atoms with Gasteiger partial charge in [-0.1, -0.05) is 59.8 Å². The molecule has 2 heteroatoms. The summed E-state index contributed by atoms with van der Waals surface area (Å²) in [4.78, 5) is 0. The summed E-state index contributed by atoms with van der Waals surface area (Å²) < 4.78 is 5.96. The molecular formula is C20H29NO. The van der Waals surface area contributed by atoms with Crippen molar-refractivity contribution in [2.24, 2.45) is 10.8 Å². The van der Waals surface area contributed by atoms with E-state index in [0.717, 1.165) is 17.2 Å². The second kappa shape index (κ2) is 7.35. The molecular weight excluding hydrogens is 270 g/mol. The van der Waals surface area contributed by atoms with Crippen molar-refractivity contribution in [1.82, 2.24) is 0 Å². The van der Waals surface area contributed by atoms with Gasteiger partial charge in [-0.3, -0.25) is 0 Å². The topological polar surface area (TPSA) is 35.2 Å². The van der Waals surface area contributed by atoms with Crippen LogP contribution in [0.15, 0.2) is 60.4 Å². The molecule has 0 amide bonds. The highest BCUT2D eigenvalue weighted by atomic mass is 16.5. The average molecular weight is 299 g/mol. The molecule has 0 bridgehead atoms. The van der Waals surface area contributed by atoms with Gasteiger partial charge >= 0.3 is 0 Å². The summed E-state index contributed by atoms with van der Waals surface area (Å²) in [5.74, 6) is 1.66. The zero-order valence-corrected chi connectivity index (χ0v) is 14.7. The first-order valence-corrected chi connectivity index (χ1v) is 7.92. The molecule has 0 saturated carbocycles. The molecule has 0 fully saturated rings. The highest BCUT2D eigenvalue weighted by molar-refractivity contribution is 5.42. The van der Waals surface area contributed by atoms with Crippen molar-refractivity contribution in [2.45, 2.75) is 41.5 Å². The number of rotatable bonds is 2. The number of hydrogen-bond acceptors (Lipinski definition) is 2. The van der Waals surface area contributed by atoms with Crippen LogP contribution in [0.2, 0.25) is 0 Å². The Hall–Kier alpha value is -1.96. The molecule has 2 nitrogen and oxygen atoms in total. The minimum absolute atomic E-state index is 0.0290. The molecule has 1 aromatic rings. The molecule has 0 saturated heterocycles. The van der Waals surface area contributed by atoms with Gasteiger partial charge in [0.2, 0.25) is 0 Å². The van der Waals surface area contributed by atoms with Crippen LogP contribution in [0.1, 0.15) is 41.5 Å². The summed E-state index contributed by atoms with van der Waals surface area (Å²) >= 11 is 0. The van der Waals surface area contributed by atoms with E-state index in [4.69, 9.17) is 10.5 Å². The quantitative estimate of drug-likeness (QED) is 0.558. The van der Waals surface area contributed by atoms with E-state index in [0.29, 0.717) is 0 Å². The molecule has 0 atom stereocenters. The number of hydrogen-bond donors (Lipinski definition) is 1. The average Bonchev–Trinajstić information content (AvgIpc) is 2.47. The van der Waals surface area contributed by atoms with E-state index in [9.17, 15) is 0 Å². The van der Waals surface area contributed by atoms with E-state index in [1.54, 1.807) is 0 Å². The van der Waals surface area contributed by atoms with Crippen molar-refractivity contribution in [1.29, 1.82) is 0 Å². The van der Waals surface area contributed by atoms with Crippen LogP contribution >= 0.6 is 0 Å².